The molecule has 0 aliphatic carbocycles. The highest BCUT2D eigenvalue weighted by atomic mass is 16.4. The number of benzene rings is 1. The Hall–Kier alpha value is -2.18. The first-order valence-corrected chi connectivity index (χ1v) is 7.19. The quantitative estimate of drug-likeness (QED) is 0.813. The van der Waals surface area contributed by atoms with Crippen molar-refractivity contribution in [1.82, 2.24) is 14.5 Å². The average Bonchev–Trinajstić information content (AvgIpc) is 2.95. The van der Waals surface area contributed by atoms with E-state index in [4.69, 9.17) is 5.11 Å². The molecular weight excluding hydrogens is 282 g/mol. The van der Waals surface area contributed by atoms with E-state index >= 15 is 0 Å². The SMILES string of the molecule is CCn1ccnc1CN(C)[C@H](C(=O)O)c1ccc(CO)cc1. The summed E-state index contributed by atoms with van der Waals surface area (Å²) in [5, 5.41) is 18.6. The normalized spacial score (nSPS) is 12.5. The highest BCUT2D eigenvalue weighted by Gasteiger charge is 2.25. The summed E-state index contributed by atoms with van der Waals surface area (Å²) < 4.78 is 1.99. The van der Waals surface area contributed by atoms with Crippen LogP contribution in [0.25, 0.3) is 0 Å². The highest BCUT2D eigenvalue weighted by molar-refractivity contribution is 5.75. The molecule has 2 N–H and O–H groups in total. The second-order valence-corrected chi connectivity index (χ2v) is 5.19. The van der Waals surface area contributed by atoms with Gasteiger partial charge in [-0.2, -0.15) is 0 Å². The van der Waals surface area contributed by atoms with Crippen molar-refractivity contribution in [3.63, 3.8) is 0 Å². The van der Waals surface area contributed by atoms with Crippen LogP contribution in [0.2, 0.25) is 0 Å². The first-order valence-electron chi connectivity index (χ1n) is 7.19. The minimum atomic E-state index is -0.908. The van der Waals surface area contributed by atoms with E-state index in [1.165, 1.54) is 0 Å². The summed E-state index contributed by atoms with van der Waals surface area (Å²) in [5.74, 6) is -0.0721. The molecule has 1 atom stereocenters. The van der Waals surface area contributed by atoms with Gasteiger partial charge in [0.1, 0.15) is 11.9 Å². The number of aliphatic hydroxyl groups is 1. The Morgan fingerprint density at radius 1 is 1.36 bits per heavy atom. The third kappa shape index (κ3) is 3.52. The molecule has 0 amide bonds. The van der Waals surface area contributed by atoms with Gasteiger partial charge in [0.2, 0.25) is 0 Å². The molecule has 0 aliphatic heterocycles. The van der Waals surface area contributed by atoms with Crippen molar-refractivity contribution in [2.75, 3.05) is 7.05 Å². The summed E-state index contributed by atoms with van der Waals surface area (Å²) in [6, 6.07) is 6.22. The molecule has 0 radical (unpaired) electrons. The van der Waals surface area contributed by atoms with Gasteiger partial charge in [0.15, 0.2) is 0 Å². The van der Waals surface area contributed by atoms with Gasteiger partial charge in [0, 0.05) is 18.9 Å². The molecule has 0 aliphatic rings. The number of nitrogens with zero attached hydrogens (tertiary/aromatic N) is 3. The molecule has 1 aromatic heterocycles. The zero-order valence-corrected chi connectivity index (χ0v) is 12.8. The van der Waals surface area contributed by atoms with Crippen LogP contribution in [0.15, 0.2) is 36.7 Å². The van der Waals surface area contributed by atoms with Crippen molar-refractivity contribution < 1.29 is 15.0 Å². The number of hydrogen-bond acceptors (Lipinski definition) is 4. The Kier molecular flexibility index (Phi) is 5.30. The summed E-state index contributed by atoms with van der Waals surface area (Å²) >= 11 is 0. The number of carboxylic acids is 1. The maximum absolute atomic E-state index is 11.7. The number of hydrogen-bond donors (Lipinski definition) is 2. The summed E-state index contributed by atoms with van der Waals surface area (Å²) in [4.78, 5) is 17.7. The maximum atomic E-state index is 11.7. The zero-order valence-electron chi connectivity index (χ0n) is 12.8. The number of carboxylic acid groups (broad SMARTS) is 1. The Balaban J connectivity index is 2.21. The van der Waals surface area contributed by atoms with Crippen LogP contribution in [0.3, 0.4) is 0 Å². The van der Waals surface area contributed by atoms with Crippen LogP contribution in [-0.4, -0.2) is 37.7 Å². The second kappa shape index (κ2) is 7.20. The Morgan fingerprint density at radius 2 is 2.05 bits per heavy atom. The van der Waals surface area contributed by atoms with E-state index in [1.54, 1.807) is 42.4 Å². The summed E-state index contributed by atoms with van der Waals surface area (Å²) in [5.41, 5.74) is 1.44. The molecule has 0 spiro atoms. The third-order valence-electron chi connectivity index (χ3n) is 3.69. The maximum Gasteiger partial charge on any atom is 0.325 e. The minimum Gasteiger partial charge on any atom is -0.480 e. The predicted octanol–water partition coefficient (Wildman–Crippen LogP) is 1.65. The van der Waals surface area contributed by atoms with Gasteiger partial charge in [-0.1, -0.05) is 24.3 Å². The smallest absolute Gasteiger partial charge is 0.325 e. The molecule has 0 saturated carbocycles. The Bertz CT molecular complexity index is 622. The van der Waals surface area contributed by atoms with Gasteiger partial charge in [-0.25, -0.2) is 4.98 Å². The summed E-state index contributed by atoms with van der Waals surface area (Å²) in [7, 11) is 1.77. The van der Waals surface area contributed by atoms with Crippen molar-refractivity contribution in [2.45, 2.75) is 32.7 Å². The predicted molar refractivity (Wildman–Crippen MR) is 82.1 cm³/mol. The first kappa shape index (κ1) is 16.2. The molecule has 1 aromatic carbocycles. The van der Waals surface area contributed by atoms with Gasteiger partial charge < -0.3 is 14.8 Å². The van der Waals surface area contributed by atoms with Crippen LogP contribution < -0.4 is 0 Å². The van der Waals surface area contributed by atoms with E-state index < -0.39 is 12.0 Å². The van der Waals surface area contributed by atoms with Crippen LogP contribution in [0.1, 0.15) is 29.9 Å². The summed E-state index contributed by atoms with van der Waals surface area (Å²) in [6.45, 7) is 3.21. The third-order valence-corrected chi connectivity index (χ3v) is 3.69. The lowest BCUT2D eigenvalue weighted by molar-refractivity contribution is -0.143. The van der Waals surface area contributed by atoms with E-state index in [2.05, 4.69) is 4.98 Å². The molecule has 0 saturated heterocycles. The summed E-state index contributed by atoms with van der Waals surface area (Å²) in [6.07, 6.45) is 3.60. The monoisotopic (exact) mass is 303 g/mol. The van der Waals surface area contributed by atoms with Crippen LogP contribution in [0.4, 0.5) is 0 Å². The number of imidazole rings is 1. The van der Waals surface area contributed by atoms with Gasteiger partial charge in [-0.05, 0) is 25.1 Å². The van der Waals surface area contributed by atoms with Gasteiger partial charge in [-0.15, -0.1) is 0 Å². The second-order valence-electron chi connectivity index (χ2n) is 5.19. The molecule has 22 heavy (non-hydrogen) atoms. The van der Waals surface area contributed by atoms with Crippen LogP contribution >= 0.6 is 0 Å². The number of aliphatic carboxylic acids is 1. The fraction of sp³-hybridized carbons (Fsp3) is 0.375. The number of likely N-dealkylation sites (N-methyl/N-ethyl adjacent to an activating group) is 1. The molecule has 118 valence electrons. The lowest BCUT2D eigenvalue weighted by atomic mass is 10.0. The van der Waals surface area contributed by atoms with Crippen molar-refractivity contribution in [3.05, 3.63) is 53.6 Å². The first-order chi connectivity index (χ1) is 10.6. The molecule has 2 aromatic rings. The number of carbonyl (C=O) groups is 1. The molecule has 6 nitrogen and oxygen atoms in total. The van der Waals surface area contributed by atoms with Gasteiger partial charge in [0.05, 0.1) is 13.2 Å². The van der Waals surface area contributed by atoms with Crippen LogP contribution in [-0.2, 0) is 24.5 Å². The molecule has 2 rings (SSSR count). The fourth-order valence-electron chi connectivity index (χ4n) is 2.48. The highest BCUT2D eigenvalue weighted by Crippen LogP contribution is 2.22. The number of aromatic nitrogens is 2. The van der Waals surface area contributed by atoms with E-state index in [1.807, 2.05) is 17.7 Å². The van der Waals surface area contributed by atoms with E-state index in [0.29, 0.717) is 12.1 Å². The minimum absolute atomic E-state index is 0.0538. The van der Waals surface area contributed by atoms with E-state index in [9.17, 15) is 9.90 Å². The molecule has 6 heteroatoms. The Morgan fingerprint density at radius 3 is 2.59 bits per heavy atom. The zero-order chi connectivity index (χ0) is 16.1. The largest absolute Gasteiger partial charge is 0.480 e. The van der Waals surface area contributed by atoms with Crippen molar-refractivity contribution in [2.24, 2.45) is 0 Å². The number of aryl methyl sites for hydroxylation is 1. The fourth-order valence-corrected chi connectivity index (χ4v) is 2.48. The van der Waals surface area contributed by atoms with Gasteiger partial charge in [0.25, 0.3) is 0 Å². The van der Waals surface area contributed by atoms with Crippen molar-refractivity contribution in [3.8, 4) is 0 Å². The van der Waals surface area contributed by atoms with E-state index in [-0.39, 0.29) is 6.61 Å². The van der Waals surface area contributed by atoms with Crippen LogP contribution in [0, 0.1) is 0 Å². The molecule has 0 unspecified atom stereocenters. The Labute approximate surface area is 129 Å². The average molecular weight is 303 g/mol. The van der Waals surface area contributed by atoms with Gasteiger partial charge in [-0.3, -0.25) is 9.69 Å². The topological polar surface area (TPSA) is 78.6 Å². The lowest BCUT2D eigenvalue weighted by Crippen LogP contribution is -2.31. The van der Waals surface area contributed by atoms with Gasteiger partial charge >= 0.3 is 5.97 Å². The molecule has 1 heterocycles. The van der Waals surface area contributed by atoms with Crippen LogP contribution in [0.5, 0.6) is 0 Å². The standard InChI is InChI=1S/C16H21N3O3/c1-3-19-9-8-17-14(19)10-18(2)15(16(21)22)13-6-4-12(11-20)5-7-13/h4-9,15,20H,3,10-11H2,1-2H3,(H,21,22)/t15-/m0/s1. The number of aliphatic hydroxyl groups excluding tert-OH is 1. The molecule has 0 bridgehead atoms. The number of rotatable bonds is 7. The molecule has 0 fully saturated rings. The van der Waals surface area contributed by atoms with Crippen molar-refractivity contribution >= 4 is 5.97 Å². The lowest BCUT2D eigenvalue weighted by Gasteiger charge is -2.25. The van der Waals surface area contributed by atoms with E-state index in [0.717, 1.165) is 17.9 Å². The van der Waals surface area contributed by atoms with Crippen molar-refractivity contribution in [1.29, 1.82) is 0 Å². The molecular formula is C16H21N3O3.